The normalized spacial score (nSPS) is 28.9. The summed E-state index contributed by atoms with van der Waals surface area (Å²) in [4.78, 5) is 11.0. The number of nitrogens with zero attached hydrogens (tertiary/aromatic N) is 4. The third-order valence-corrected chi connectivity index (χ3v) is 3.61. The molecule has 0 saturated carbocycles. The summed E-state index contributed by atoms with van der Waals surface area (Å²) in [5.41, 5.74) is 4.41. The van der Waals surface area contributed by atoms with Gasteiger partial charge in [-0.1, -0.05) is 5.92 Å². The number of aliphatic hydroxyl groups excluding tert-OH is 2. The summed E-state index contributed by atoms with van der Waals surface area (Å²) in [7, 11) is 0. The zero-order valence-electron chi connectivity index (χ0n) is 10.8. The van der Waals surface area contributed by atoms with Crippen molar-refractivity contribution in [2.75, 3.05) is 18.9 Å². The fourth-order valence-corrected chi connectivity index (χ4v) is 2.42. The molecule has 110 valence electrons. The molecule has 3 atom stereocenters. The van der Waals surface area contributed by atoms with E-state index in [4.69, 9.17) is 16.9 Å². The molecule has 2 aromatic heterocycles. The van der Waals surface area contributed by atoms with E-state index < -0.39 is 30.4 Å². The molecular formula is C12H12FN5O3. The zero-order chi connectivity index (χ0) is 15.2. The molecule has 1 aliphatic rings. The molecule has 0 unspecified atom stereocenters. The molecule has 8 nitrogen and oxygen atoms in total. The number of hydrogen-bond acceptors (Lipinski definition) is 7. The predicted molar refractivity (Wildman–Crippen MR) is 69.3 cm³/mol. The molecule has 0 radical (unpaired) electrons. The van der Waals surface area contributed by atoms with Crippen LogP contribution < -0.4 is 5.73 Å². The number of nitrogen functional groups attached to an aromatic ring is 1. The van der Waals surface area contributed by atoms with E-state index >= 15 is 0 Å². The Morgan fingerprint density at radius 1 is 1.62 bits per heavy atom. The molecular weight excluding hydrogens is 281 g/mol. The van der Waals surface area contributed by atoms with E-state index in [0.29, 0.717) is 0 Å². The molecule has 3 rings (SSSR count). The standard InChI is InChI=1S/C12H12FN5O3/c1-2-12(4-19)8(20)6(3-21-12)18-5-15-7-9(14)16-11(13)17-10(7)18/h1,5-6,8,19-20H,3-4H2,(H2,14,16,17)/t6-,8+,12-/m1/s1. The van der Waals surface area contributed by atoms with Crippen LogP contribution in [0.1, 0.15) is 6.04 Å². The summed E-state index contributed by atoms with van der Waals surface area (Å²) in [6.07, 6.45) is 4.46. The molecule has 0 bridgehead atoms. The van der Waals surface area contributed by atoms with E-state index in [1.54, 1.807) is 0 Å². The molecule has 0 aliphatic carbocycles. The highest BCUT2D eigenvalue weighted by Gasteiger charge is 2.49. The minimum absolute atomic E-state index is 0.0168. The Balaban J connectivity index is 2.09. The van der Waals surface area contributed by atoms with Gasteiger partial charge in [0.05, 0.1) is 25.6 Å². The second-order valence-electron chi connectivity index (χ2n) is 4.72. The largest absolute Gasteiger partial charge is 0.392 e. The Morgan fingerprint density at radius 2 is 2.38 bits per heavy atom. The van der Waals surface area contributed by atoms with Gasteiger partial charge in [0, 0.05) is 0 Å². The Hall–Kier alpha value is -2.28. The highest BCUT2D eigenvalue weighted by Crippen LogP contribution is 2.34. The van der Waals surface area contributed by atoms with Crippen molar-refractivity contribution >= 4 is 17.0 Å². The number of terminal acetylenes is 1. The van der Waals surface area contributed by atoms with Crippen molar-refractivity contribution in [1.29, 1.82) is 0 Å². The van der Waals surface area contributed by atoms with Gasteiger partial charge in [0.25, 0.3) is 0 Å². The number of rotatable bonds is 2. The van der Waals surface area contributed by atoms with E-state index in [1.165, 1.54) is 10.9 Å². The predicted octanol–water partition coefficient (Wildman–Crippen LogP) is -1.16. The molecule has 0 aromatic carbocycles. The van der Waals surface area contributed by atoms with Crippen molar-refractivity contribution in [3.8, 4) is 12.3 Å². The van der Waals surface area contributed by atoms with Crippen molar-refractivity contribution in [2.45, 2.75) is 17.7 Å². The molecule has 9 heteroatoms. The second kappa shape index (κ2) is 4.63. The van der Waals surface area contributed by atoms with Crippen molar-refractivity contribution < 1.29 is 19.3 Å². The second-order valence-corrected chi connectivity index (χ2v) is 4.72. The summed E-state index contributed by atoms with van der Waals surface area (Å²) in [5.74, 6) is 2.15. The lowest BCUT2D eigenvalue weighted by molar-refractivity contribution is -0.0495. The smallest absolute Gasteiger partial charge is 0.312 e. The Labute approximate surface area is 118 Å². The fraction of sp³-hybridized carbons (Fsp3) is 0.417. The summed E-state index contributed by atoms with van der Waals surface area (Å²) in [5, 5.41) is 19.7. The van der Waals surface area contributed by atoms with Gasteiger partial charge in [-0.2, -0.15) is 14.4 Å². The van der Waals surface area contributed by atoms with E-state index in [1.807, 2.05) is 0 Å². The van der Waals surface area contributed by atoms with Crippen LogP contribution in [-0.2, 0) is 4.74 Å². The molecule has 2 aromatic rings. The van der Waals surface area contributed by atoms with Crippen LogP contribution in [-0.4, -0.2) is 54.7 Å². The van der Waals surface area contributed by atoms with Crippen LogP contribution in [0.4, 0.5) is 10.2 Å². The minimum Gasteiger partial charge on any atom is -0.392 e. The van der Waals surface area contributed by atoms with Crippen LogP contribution >= 0.6 is 0 Å². The highest BCUT2D eigenvalue weighted by atomic mass is 19.1. The maximum Gasteiger partial charge on any atom is 0.312 e. The molecule has 1 fully saturated rings. The third-order valence-electron chi connectivity index (χ3n) is 3.61. The van der Waals surface area contributed by atoms with Crippen molar-refractivity contribution in [3.63, 3.8) is 0 Å². The van der Waals surface area contributed by atoms with E-state index in [9.17, 15) is 14.6 Å². The van der Waals surface area contributed by atoms with Crippen LogP contribution in [0.2, 0.25) is 0 Å². The summed E-state index contributed by atoms with van der Waals surface area (Å²) >= 11 is 0. The molecule has 1 aliphatic heterocycles. The van der Waals surface area contributed by atoms with E-state index in [2.05, 4.69) is 20.9 Å². The Kier molecular flexibility index (Phi) is 3.02. The number of fused-ring (bicyclic) bond motifs is 1. The summed E-state index contributed by atoms with van der Waals surface area (Å²) < 4.78 is 20.1. The first-order valence-corrected chi connectivity index (χ1v) is 6.08. The number of anilines is 1. The van der Waals surface area contributed by atoms with Crippen LogP contribution in [0, 0.1) is 18.4 Å². The first kappa shape index (κ1) is 13.7. The van der Waals surface area contributed by atoms with Gasteiger partial charge < -0.3 is 25.3 Å². The number of aliphatic hydroxyl groups is 2. The van der Waals surface area contributed by atoms with Crippen LogP contribution in [0.5, 0.6) is 0 Å². The average molecular weight is 293 g/mol. The van der Waals surface area contributed by atoms with Crippen molar-refractivity contribution in [2.24, 2.45) is 0 Å². The Morgan fingerprint density at radius 3 is 3.00 bits per heavy atom. The molecule has 4 N–H and O–H groups in total. The quantitative estimate of drug-likeness (QED) is 0.472. The zero-order valence-corrected chi connectivity index (χ0v) is 10.8. The lowest BCUT2D eigenvalue weighted by Gasteiger charge is -2.25. The van der Waals surface area contributed by atoms with Gasteiger partial charge in [0.15, 0.2) is 17.1 Å². The van der Waals surface area contributed by atoms with Gasteiger partial charge in [0.1, 0.15) is 11.6 Å². The topological polar surface area (TPSA) is 119 Å². The van der Waals surface area contributed by atoms with E-state index in [-0.39, 0.29) is 23.6 Å². The van der Waals surface area contributed by atoms with E-state index in [0.717, 1.165) is 0 Å². The first-order valence-electron chi connectivity index (χ1n) is 6.08. The molecule has 21 heavy (non-hydrogen) atoms. The summed E-state index contributed by atoms with van der Waals surface area (Å²) in [6, 6.07) is -0.674. The lowest BCUT2D eigenvalue weighted by Crippen LogP contribution is -2.43. The van der Waals surface area contributed by atoms with Gasteiger partial charge in [-0.3, -0.25) is 0 Å². The molecule has 0 spiro atoms. The average Bonchev–Trinajstić information content (AvgIpc) is 3.01. The maximum absolute atomic E-state index is 13.3. The van der Waals surface area contributed by atoms with Crippen LogP contribution in [0.3, 0.4) is 0 Å². The van der Waals surface area contributed by atoms with Gasteiger partial charge in [0.2, 0.25) is 0 Å². The van der Waals surface area contributed by atoms with Crippen molar-refractivity contribution in [1.82, 2.24) is 19.5 Å². The van der Waals surface area contributed by atoms with Gasteiger partial charge in [-0.25, -0.2) is 4.98 Å². The summed E-state index contributed by atoms with van der Waals surface area (Å²) in [6.45, 7) is -0.526. The molecule has 3 heterocycles. The Bertz CT molecular complexity index is 742. The first-order chi connectivity index (χ1) is 10.0. The fourth-order valence-electron chi connectivity index (χ4n) is 2.42. The SMILES string of the molecule is C#C[C@]1(CO)OC[C@@H](n2cnc3c(N)nc(F)nc32)[C@@H]1O. The third kappa shape index (κ3) is 1.84. The highest BCUT2D eigenvalue weighted by molar-refractivity contribution is 5.81. The number of nitrogens with two attached hydrogens (primary N) is 1. The van der Waals surface area contributed by atoms with Gasteiger partial charge in [-0.05, 0) is 0 Å². The molecule has 0 amide bonds. The number of hydrogen-bond donors (Lipinski definition) is 3. The number of halogens is 1. The van der Waals surface area contributed by atoms with Crippen molar-refractivity contribution in [3.05, 3.63) is 12.4 Å². The van der Waals surface area contributed by atoms with Gasteiger partial charge in [-0.15, -0.1) is 6.42 Å². The number of ether oxygens (including phenoxy) is 1. The minimum atomic E-state index is -1.50. The monoisotopic (exact) mass is 293 g/mol. The van der Waals surface area contributed by atoms with Gasteiger partial charge >= 0.3 is 6.08 Å². The number of imidazole rings is 1. The number of aromatic nitrogens is 4. The van der Waals surface area contributed by atoms with Crippen LogP contribution in [0.15, 0.2) is 6.33 Å². The maximum atomic E-state index is 13.3. The molecule has 1 saturated heterocycles. The lowest BCUT2D eigenvalue weighted by atomic mass is 9.96. The van der Waals surface area contributed by atoms with Crippen LogP contribution in [0.25, 0.3) is 11.2 Å².